The number of nitrogen functional groups attached to an aromatic ring is 1. The minimum absolute atomic E-state index is 0.205. The lowest BCUT2D eigenvalue weighted by Gasteiger charge is -2.13. The molecule has 1 aromatic carbocycles. The zero-order valence-electron chi connectivity index (χ0n) is 11.7. The van der Waals surface area contributed by atoms with Gasteiger partial charge >= 0.3 is 0 Å². The summed E-state index contributed by atoms with van der Waals surface area (Å²) in [5.41, 5.74) is 4.44. The normalized spacial score (nSPS) is 10.7. The summed E-state index contributed by atoms with van der Waals surface area (Å²) in [4.78, 5) is 8.80. The zero-order chi connectivity index (χ0) is 14.7. The Morgan fingerprint density at radius 1 is 1.20 bits per heavy atom. The molecule has 0 radical (unpaired) electrons. The molecule has 1 heterocycles. The average Bonchev–Trinajstić information content (AvgIpc) is 2.42. The number of benzene rings is 1. The maximum Gasteiger partial charge on any atom is 0.145 e. The van der Waals surface area contributed by atoms with Crippen molar-refractivity contribution in [2.75, 3.05) is 10.7 Å². The minimum Gasteiger partial charge on any atom is -0.339 e. The second-order valence-electron chi connectivity index (χ2n) is 4.85. The molecule has 6 heteroatoms. The number of halogens is 1. The smallest absolute Gasteiger partial charge is 0.145 e. The van der Waals surface area contributed by atoms with E-state index in [1.54, 1.807) is 6.07 Å². The monoisotopic (exact) mass is 291 g/mol. The van der Waals surface area contributed by atoms with E-state index in [9.17, 15) is 0 Å². The number of aryl methyl sites for hydroxylation is 1. The first kappa shape index (κ1) is 14.6. The van der Waals surface area contributed by atoms with Gasteiger partial charge in [-0.3, -0.25) is 0 Å². The van der Waals surface area contributed by atoms with Crippen LogP contribution in [-0.4, -0.2) is 9.97 Å². The highest BCUT2D eigenvalue weighted by Crippen LogP contribution is 2.29. The van der Waals surface area contributed by atoms with Gasteiger partial charge in [-0.2, -0.15) is 0 Å². The number of anilines is 3. The largest absolute Gasteiger partial charge is 0.339 e. The molecule has 1 aromatic heterocycles. The van der Waals surface area contributed by atoms with Gasteiger partial charge in [0.05, 0.1) is 10.7 Å². The van der Waals surface area contributed by atoms with Gasteiger partial charge in [0.1, 0.15) is 17.5 Å². The van der Waals surface area contributed by atoms with Gasteiger partial charge in [0.25, 0.3) is 0 Å². The summed E-state index contributed by atoms with van der Waals surface area (Å²) in [5.74, 6) is 7.59. The molecule has 0 fully saturated rings. The molecule has 0 unspecified atom stereocenters. The Morgan fingerprint density at radius 3 is 2.50 bits per heavy atom. The van der Waals surface area contributed by atoms with Gasteiger partial charge in [-0.1, -0.05) is 37.6 Å². The molecule has 106 valence electrons. The standard InChI is InChI=1S/C14H18ClN5/c1-8(2)14-18-11(7-12(19-14)20-16)17-13-9(3)5-4-6-10(13)15/h4-8H,16H2,1-3H3,(H2,17,18,19,20). The fourth-order valence-electron chi connectivity index (χ4n) is 1.78. The second kappa shape index (κ2) is 6.07. The van der Waals surface area contributed by atoms with Crippen molar-refractivity contribution in [1.29, 1.82) is 0 Å². The van der Waals surface area contributed by atoms with Crippen LogP contribution in [0.4, 0.5) is 17.3 Å². The van der Waals surface area contributed by atoms with Crippen molar-refractivity contribution in [2.24, 2.45) is 5.84 Å². The van der Waals surface area contributed by atoms with Crippen molar-refractivity contribution in [3.63, 3.8) is 0 Å². The van der Waals surface area contributed by atoms with Crippen molar-refractivity contribution < 1.29 is 0 Å². The van der Waals surface area contributed by atoms with Gasteiger partial charge in [0.15, 0.2) is 0 Å². The Balaban J connectivity index is 2.40. The number of rotatable bonds is 4. The van der Waals surface area contributed by atoms with Crippen molar-refractivity contribution in [2.45, 2.75) is 26.7 Å². The molecule has 0 saturated carbocycles. The van der Waals surface area contributed by atoms with Crippen LogP contribution in [0.2, 0.25) is 5.02 Å². The molecule has 0 spiro atoms. The fourth-order valence-corrected chi connectivity index (χ4v) is 2.05. The van der Waals surface area contributed by atoms with Gasteiger partial charge in [-0.05, 0) is 18.6 Å². The third kappa shape index (κ3) is 3.18. The predicted octanol–water partition coefficient (Wildman–Crippen LogP) is 3.59. The number of hydrogen-bond acceptors (Lipinski definition) is 5. The Bertz CT molecular complexity index is 592. The third-order valence-corrected chi connectivity index (χ3v) is 3.20. The molecule has 5 nitrogen and oxygen atoms in total. The van der Waals surface area contributed by atoms with Gasteiger partial charge in [0, 0.05) is 12.0 Å². The van der Waals surface area contributed by atoms with E-state index >= 15 is 0 Å². The number of nitrogens with one attached hydrogen (secondary N) is 2. The summed E-state index contributed by atoms with van der Waals surface area (Å²) in [6, 6.07) is 7.48. The summed E-state index contributed by atoms with van der Waals surface area (Å²) < 4.78 is 0. The number of hydrogen-bond donors (Lipinski definition) is 3. The van der Waals surface area contributed by atoms with Crippen molar-refractivity contribution >= 4 is 28.9 Å². The first-order valence-electron chi connectivity index (χ1n) is 6.39. The second-order valence-corrected chi connectivity index (χ2v) is 5.26. The lowest BCUT2D eigenvalue weighted by atomic mass is 10.2. The van der Waals surface area contributed by atoms with Gasteiger partial charge in [-0.25, -0.2) is 15.8 Å². The van der Waals surface area contributed by atoms with Crippen LogP contribution >= 0.6 is 11.6 Å². The summed E-state index contributed by atoms with van der Waals surface area (Å²) >= 11 is 6.21. The molecule has 0 amide bonds. The lowest BCUT2D eigenvalue weighted by molar-refractivity contribution is 0.777. The highest BCUT2D eigenvalue weighted by molar-refractivity contribution is 6.33. The Morgan fingerprint density at radius 2 is 1.90 bits per heavy atom. The molecular formula is C14H18ClN5. The molecule has 0 aliphatic carbocycles. The van der Waals surface area contributed by atoms with Crippen LogP contribution < -0.4 is 16.6 Å². The van der Waals surface area contributed by atoms with Gasteiger partial charge in [0.2, 0.25) is 0 Å². The lowest BCUT2D eigenvalue weighted by Crippen LogP contribution is -2.12. The molecule has 20 heavy (non-hydrogen) atoms. The van der Waals surface area contributed by atoms with E-state index in [1.807, 2.05) is 39.0 Å². The number of para-hydroxylation sites is 1. The topological polar surface area (TPSA) is 75.9 Å². The van der Waals surface area contributed by atoms with E-state index < -0.39 is 0 Å². The summed E-state index contributed by atoms with van der Waals surface area (Å²) in [6.07, 6.45) is 0. The molecule has 0 aliphatic rings. The van der Waals surface area contributed by atoms with E-state index in [2.05, 4.69) is 20.7 Å². The Kier molecular flexibility index (Phi) is 4.42. The SMILES string of the molecule is Cc1cccc(Cl)c1Nc1cc(NN)nc(C(C)C)n1. The third-order valence-electron chi connectivity index (χ3n) is 2.88. The van der Waals surface area contributed by atoms with Crippen LogP contribution in [0.25, 0.3) is 0 Å². The first-order valence-corrected chi connectivity index (χ1v) is 6.76. The van der Waals surface area contributed by atoms with Crippen LogP contribution in [0.3, 0.4) is 0 Å². The van der Waals surface area contributed by atoms with Crippen LogP contribution in [0.5, 0.6) is 0 Å². The predicted molar refractivity (Wildman–Crippen MR) is 83.4 cm³/mol. The Labute approximate surface area is 123 Å². The zero-order valence-corrected chi connectivity index (χ0v) is 12.5. The molecular weight excluding hydrogens is 274 g/mol. The maximum atomic E-state index is 6.21. The Hall–Kier alpha value is -1.85. The molecule has 0 bridgehead atoms. The first-order chi connectivity index (χ1) is 9.51. The highest BCUT2D eigenvalue weighted by atomic mass is 35.5. The van der Waals surface area contributed by atoms with Crippen LogP contribution in [0.1, 0.15) is 31.2 Å². The van der Waals surface area contributed by atoms with Crippen molar-refractivity contribution in [3.8, 4) is 0 Å². The average molecular weight is 292 g/mol. The molecule has 0 aliphatic heterocycles. The summed E-state index contributed by atoms with van der Waals surface area (Å²) in [7, 11) is 0. The van der Waals surface area contributed by atoms with Gasteiger partial charge < -0.3 is 10.7 Å². The highest BCUT2D eigenvalue weighted by Gasteiger charge is 2.10. The van der Waals surface area contributed by atoms with E-state index in [1.165, 1.54) is 0 Å². The number of nitrogens with zero attached hydrogens (tertiary/aromatic N) is 2. The molecule has 0 atom stereocenters. The van der Waals surface area contributed by atoms with Crippen molar-refractivity contribution in [1.82, 2.24) is 9.97 Å². The molecule has 0 saturated heterocycles. The minimum atomic E-state index is 0.205. The van der Waals surface area contributed by atoms with E-state index in [-0.39, 0.29) is 5.92 Å². The van der Waals surface area contributed by atoms with Crippen LogP contribution in [0, 0.1) is 6.92 Å². The van der Waals surface area contributed by atoms with E-state index in [0.717, 1.165) is 11.3 Å². The van der Waals surface area contributed by atoms with Crippen LogP contribution in [0.15, 0.2) is 24.3 Å². The molecule has 4 N–H and O–H groups in total. The molecule has 2 rings (SSSR count). The molecule has 2 aromatic rings. The van der Waals surface area contributed by atoms with E-state index in [4.69, 9.17) is 17.4 Å². The van der Waals surface area contributed by atoms with E-state index in [0.29, 0.717) is 22.5 Å². The number of hydrazine groups is 1. The summed E-state index contributed by atoms with van der Waals surface area (Å²) in [6.45, 7) is 6.04. The van der Waals surface area contributed by atoms with Crippen molar-refractivity contribution in [3.05, 3.63) is 40.7 Å². The quantitative estimate of drug-likeness (QED) is 0.593. The van der Waals surface area contributed by atoms with Crippen LogP contribution in [-0.2, 0) is 0 Å². The van der Waals surface area contributed by atoms with Gasteiger partial charge in [-0.15, -0.1) is 0 Å². The number of nitrogens with two attached hydrogens (primary N) is 1. The summed E-state index contributed by atoms with van der Waals surface area (Å²) in [5, 5.41) is 3.88. The number of aromatic nitrogens is 2. The maximum absolute atomic E-state index is 6.21. The fraction of sp³-hybridized carbons (Fsp3) is 0.286.